The van der Waals surface area contributed by atoms with Crippen molar-refractivity contribution in [2.75, 3.05) is 7.11 Å². The zero-order valence-corrected chi connectivity index (χ0v) is 12.9. The van der Waals surface area contributed by atoms with Crippen LogP contribution in [0.15, 0.2) is 42.9 Å². The first-order chi connectivity index (χ1) is 11.7. The van der Waals surface area contributed by atoms with Crippen molar-refractivity contribution in [2.45, 2.75) is 6.54 Å². The smallest absolute Gasteiger partial charge is 0.253 e. The van der Waals surface area contributed by atoms with Crippen LogP contribution in [0.5, 0.6) is 5.75 Å². The number of fused-ring (bicyclic) bond motifs is 1. The van der Waals surface area contributed by atoms with Gasteiger partial charge in [-0.1, -0.05) is 6.07 Å². The van der Waals surface area contributed by atoms with Crippen molar-refractivity contribution in [3.8, 4) is 11.8 Å². The maximum absolute atomic E-state index is 12.3. The van der Waals surface area contributed by atoms with E-state index in [1.807, 2.05) is 0 Å². The van der Waals surface area contributed by atoms with Crippen molar-refractivity contribution in [2.24, 2.45) is 0 Å². The van der Waals surface area contributed by atoms with Gasteiger partial charge in [0.25, 0.3) is 5.91 Å². The Labute approximate surface area is 138 Å². The molecule has 7 heteroatoms. The van der Waals surface area contributed by atoms with Gasteiger partial charge in [-0.2, -0.15) is 5.26 Å². The number of nitrogens with zero attached hydrogens (tertiary/aromatic N) is 4. The number of nitriles is 1. The Balaban J connectivity index is 1.74. The molecule has 7 nitrogen and oxygen atoms in total. The quantitative estimate of drug-likeness (QED) is 0.787. The average molecular weight is 319 g/mol. The minimum atomic E-state index is -0.274. The van der Waals surface area contributed by atoms with Crippen molar-refractivity contribution in [1.29, 1.82) is 5.26 Å². The summed E-state index contributed by atoms with van der Waals surface area (Å²) in [5.41, 5.74) is 2.67. The molecule has 2 aromatic heterocycles. The van der Waals surface area contributed by atoms with Crippen molar-refractivity contribution < 1.29 is 9.53 Å². The second-order valence-electron chi connectivity index (χ2n) is 4.95. The van der Waals surface area contributed by atoms with Gasteiger partial charge >= 0.3 is 0 Å². The van der Waals surface area contributed by atoms with Crippen LogP contribution in [-0.2, 0) is 6.54 Å². The Morgan fingerprint density at radius 1 is 1.25 bits per heavy atom. The zero-order chi connectivity index (χ0) is 16.9. The average Bonchev–Trinajstić information content (AvgIpc) is 2.65. The number of carbonyl (C=O) groups excluding carboxylic acids is 1. The fourth-order valence-electron chi connectivity index (χ4n) is 2.22. The molecule has 0 aliphatic carbocycles. The molecule has 0 aliphatic rings. The molecule has 0 unspecified atom stereocenters. The Kier molecular flexibility index (Phi) is 4.29. The van der Waals surface area contributed by atoms with Crippen LogP contribution in [-0.4, -0.2) is 28.0 Å². The molecule has 1 N–H and O–H groups in total. The van der Waals surface area contributed by atoms with Crippen LogP contribution in [0.1, 0.15) is 21.5 Å². The van der Waals surface area contributed by atoms with Gasteiger partial charge in [-0.15, -0.1) is 0 Å². The first kappa shape index (κ1) is 15.4. The highest BCUT2D eigenvalue weighted by Crippen LogP contribution is 2.18. The third-order valence-corrected chi connectivity index (χ3v) is 3.42. The van der Waals surface area contributed by atoms with Gasteiger partial charge in [0, 0.05) is 25.1 Å². The fourth-order valence-corrected chi connectivity index (χ4v) is 2.22. The van der Waals surface area contributed by atoms with Crippen molar-refractivity contribution in [3.05, 3.63) is 59.5 Å². The predicted octanol–water partition coefficient (Wildman–Crippen LogP) is 1.84. The summed E-state index contributed by atoms with van der Waals surface area (Å²) >= 11 is 0. The Morgan fingerprint density at radius 2 is 2.08 bits per heavy atom. The molecule has 0 aliphatic heterocycles. The van der Waals surface area contributed by atoms with Crippen LogP contribution in [0, 0.1) is 11.3 Å². The second-order valence-corrected chi connectivity index (χ2v) is 4.95. The third kappa shape index (κ3) is 3.13. The third-order valence-electron chi connectivity index (χ3n) is 3.42. The van der Waals surface area contributed by atoms with Gasteiger partial charge in [-0.05, 0) is 23.8 Å². The molecule has 3 aromatic rings. The molecule has 0 spiro atoms. The van der Waals surface area contributed by atoms with Crippen LogP contribution in [0.25, 0.3) is 11.2 Å². The fraction of sp³-hybridized carbons (Fsp3) is 0.118. The van der Waals surface area contributed by atoms with Crippen molar-refractivity contribution in [1.82, 2.24) is 20.3 Å². The summed E-state index contributed by atoms with van der Waals surface area (Å²) in [6.07, 6.45) is 4.55. The largest absolute Gasteiger partial charge is 0.495 e. The van der Waals surface area contributed by atoms with E-state index < -0.39 is 0 Å². The van der Waals surface area contributed by atoms with Crippen LogP contribution < -0.4 is 10.1 Å². The minimum Gasteiger partial charge on any atom is -0.495 e. The van der Waals surface area contributed by atoms with Gasteiger partial charge in [0.2, 0.25) is 0 Å². The van der Waals surface area contributed by atoms with E-state index in [2.05, 4.69) is 26.3 Å². The highest BCUT2D eigenvalue weighted by atomic mass is 16.5. The molecular formula is C17H13N5O2. The lowest BCUT2D eigenvalue weighted by Crippen LogP contribution is -2.23. The number of hydrogen-bond donors (Lipinski definition) is 1. The molecule has 24 heavy (non-hydrogen) atoms. The van der Waals surface area contributed by atoms with Gasteiger partial charge in [0.15, 0.2) is 5.65 Å². The number of benzene rings is 1. The molecule has 0 saturated carbocycles. The van der Waals surface area contributed by atoms with Crippen LogP contribution >= 0.6 is 0 Å². The van der Waals surface area contributed by atoms with Gasteiger partial charge in [0.1, 0.15) is 17.3 Å². The Morgan fingerprint density at radius 3 is 2.88 bits per heavy atom. The van der Waals surface area contributed by atoms with E-state index in [9.17, 15) is 4.79 Å². The summed E-state index contributed by atoms with van der Waals surface area (Å²) in [6, 6.07) is 8.88. The number of hydrogen-bond acceptors (Lipinski definition) is 6. The molecule has 0 atom stereocenters. The monoisotopic (exact) mass is 319 g/mol. The lowest BCUT2D eigenvalue weighted by molar-refractivity contribution is 0.0950. The second kappa shape index (κ2) is 6.71. The van der Waals surface area contributed by atoms with Crippen molar-refractivity contribution >= 4 is 17.1 Å². The summed E-state index contributed by atoms with van der Waals surface area (Å²) in [6.45, 7) is 0.288. The number of pyridine rings is 1. The Hall–Kier alpha value is -3.53. The summed E-state index contributed by atoms with van der Waals surface area (Å²) in [4.78, 5) is 24.6. The predicted molar refractivity (Wildman–Crippen MR) is 86.2 cm³/mol. The number of nitrogens with one attached hydrogen (secondary N) is 1. The lowest BCUT2D eigenvalue weighted by atomic mass is 10.1. The lowest BCUT2D eigenvalue weighted by Gasteiger charge is -2.08. The first-order valence-electron chi connectivity index (χ1n) is 7.13. The van der Waals surface area contributed by atoms with Crippen molar-refractivity contribution in [3.63, 3.8) is 0 Å². The molecule has 0 saturated heterocycles. The minimum absolute atomic E-state index is 0.274. The van der Waals surface area contributed by atoms with Crippen LogP contribution in [0.4, 0.5) is 0 Å². The maximum atomic E-state index is 12.3. The topological polar surface area (TPSA) is 101 Å². The first-order valence-corrected chi connectivity index (χ1v) is 7.13. The number of carbonyl (C=O) groups is 1. The summed E-state index contributed by atoms with van der Waals surface area (Å²) < 4.78 is 5.10. The molecule has 1 amide bonds. The molecule has 118 valence electrons. The normalized spacial score (nSPS) is 10.2. The van der Waals surface area contributed by atoms with Gasteiger partial charge < -0.3 is 10.1 Å². The van der Waals surface area contributed by atoms with E-state index in [1.54, 1.807) is 36.7 Å². The van der Waals surface area contributed by atoms with Gasteiger partial charge in [-0.3, -0.25) is 9.78 Å². The van der Waals surface area contributed by atoms with E-state index in [4.69, 9.17) is 10.00 Å². The van der Waals surface area contributed by atoms with E-state index in [0.29, 0.717) is 28.0 Å². The van der Waals surface area contributed by atoms with E-state index in [-0.39, 0.29) is 12.5 Å². The Bertz CT molecular complexity index is 949. The number of amides is 1. The summed E-state index contributed by atoms with van der Waals surface area (Å²) in [5, 5.41) is 11.9. The SMILES string of the molecule is COc1ccc(CNC(=O)c2cnc3nccnc3c2)cc1C#N. The molecule has 2 heterocycles. The van der Waals surface area contributed by atoms with Crippen LogP contribution in [0.3, 0.4) is 0 Å². The van der Waals surface area contributed by atoms with E-state index >= 15 is 0 Å². The summed E-state index contributed by atoms with van der Waals surface area (Å²) in [7, 11) is 1.51. The van der Waals surface area contributed by atoms with Gasteiger partial charge in [-0.25, -0.2) is 9.97 Å². The molecule has 3 rings (SSSR count). The standard InChI is InChI=1S/C17H13N5O2/c1-24-15-3-2-11(6-12(15)8-18)9-22-17(23)13-7-14-16(21-10-13)20-5-4-19-14/h2-7,10H,9H2,1H3,(H,22,23). The number of aromatic nitrogens is 3. The summed E-state index contributed by atoms with van der Waals surface area (Å²) in [5.74, 6) is 0.231. The molecular weight excluding hydrogens is 306 g/mol. The number of methoxy groups -OCH3 is 1. The zero-order valence-electron chi connectivity index (χ0n) is 12.9. The molecule has 0 radical (unpaired) electrons. The van der Waals surface area contributed by atoms with Crippen LogP contribution in [0.2, 0.25) is 0 Å². The highest BCUT2D eigenvalue weighted by Gasteiger charge is 2.09. The molecule has 1 aromatic carbocycles. The molecule has 0 bridgehead atoms. The van der Waals surface area contributed by atoms with E-state index in [0.717, 1.165) is 5.56 Å². The number of ether oxygens (including phenoxy) is 1. The molecule has 0 fully saturated rings. The van der Waals surface area contributed by atoms with E-state index in [1.165, 1.54) is 13.3 Å². The number of rotatable bonds is 4. The maximum Gasteiger partial charge on any atom is 0.253 e. The van der Waals surface area contributed by atoms with Gasteiger partial charge in [0.05, 0.1) is 18.2 Å². The highest BCUT2D eigenvalue weighted by molar-refractivity contribution is 5.96.